The summed E-state index contributed by atoms with van der Waals surface area (Å²) in [5, 5.41) is 2.97. The van der Waals surface area contributed by atoms with Crippen molar-refractivity contribution in [2.24, 2.45) is 0 Å². The molecule has 0 saturated carbocycles. The molecule has 0 aliphatic carbocycles. The van der Waals surface area contributed by atoms with Crippen LogP contribution in [-0.4, -0.2) is 49.9 Å². The minimum absolute atomic E-state index is 0.0105. The Morgan fingerprint density at radius 1 is 1.26 bits per heavy atom. The average molecular weight is 317 g/mol. The SMILES string of the molecule is CC(=O)N1CCCC1C(=O)NCCCc1ccc(N(C)C)cc1. The molecule has 0 spiro atoms. The number of amides is 2. The maximum absolute atomic E-state index is 12.2. The lowest BCUT2D eigenvalue weighted by Gasteiger charge is -2.22. The summed E-state index contributed by atoms with van der Waals surface area (Å²) >= 11 is 0. The summed E-state index contributed by atoms with van der Waals surface area (Å²) in [6, 6.07) is 8.21. The first kappa shape index (κ1) is 17.3. The molecule has 1 heterocycles. The highest BCUT2D eigenvalue weighted by Crippen LogP contribution is 2.17. The average Bonchev–Trinajstić information content (AvgIpc) is 3.01. The fourth-order valence-electron chi connectivity index (χ4n) is 3.00. The van der Waals surface area contributed by atoms with Crippen molar-refractivity contribution in [1.82, 2.24) is 10.2 Å². The van der Waals surface area contributed by atoms with Crippen LogP contribution >= 0.6 is 0 Å². The van der Waals surface area contributed by atoms with E-state index >= 15 is 0 Å². The van der Waals surface area contributed by atoms with E-state index in [2.05, 4.69) is 34.5 Å². The predicted octanol–water partition coefficient (Wildman–Crippen LogP) is 1.81. The van der Waals surface area contributed by atoms with E-state index in [1.54, 1.807) is 4.90 Å². The Bertz CT molecular complexity index is 540. The molecule has 1 aliphatic rings. The number of nitrogens with one attached hydrogen (secondary N) is 1. The van der Waals surface area contributed by atoms with Gasteiger partial charge in [-0.15, -0.1) is 0 Å². The lowest BCUT2D eigenvalue weighted by Crippen LogP contribution is -2.45. The van der Waals surface area contributed by atoms with Crippen LogP contribution < -0.4 is 10.2 Å². The van der Waals surface area contributed by atoms with Gasteiger partial charge in [-0.3, -0.25) is 9.59 Å². The summed E-state index contributed by atoms with van der Waals surface area (Å²) < 4.78 is 0. The van der Waals surface area contributed by atoms with Crippen molar-refractivity contribution < 1.29 is 9.59 Å². The van der Waals surface area contributed by atoms with Gasteiger partial charge in [0, 0.05) is 39.8 Å². The molecule has 1 fully saturated rings. The number of hydrogen-bond donors (Lipinski definition) is 1. The number of anilines is 1. The molecule has 2 amide bonds. The number of nitrogens with zero attached hydrogens (tertiary/aromatic N) is 2. The van der Waals surface area contributed by atoms with E-state index in [-0.39, 0.29) is 17.9 Å². The molecule has 0 radical (unpaired) electrons. The molecular weight excluding hydrogens is 290 g/mol. The number of carbonyl (C=O) groups is 2. The van der Waals surface area contributed by atoms with Crippen LogP contribution in [0.5, 0.6) is 0 Å². The molecule has 126 valence electrons. The molecule has 5 heteroatoms. The van der Waals surface area contributed by atoms with Crippen molar-refractivity contribution in [1.29, 1.82) is 0 Å². The van der Waals surface area contributed by atoms with Crippen molar-refractivity contribution in [3.63, 3.8) is 0 Å². The van der Waals surface area contributed by atoms with Crippen LogP contribution in [0.25, 0.3) is 0 Å². The van der Waals surface area contributed by atoms with Crippen LogP contribution in [-0.2, 0) is 16.0 Å². The third kappa shape index (κ3) is 4.71. The van der Waals surface area contributed by atoms with Gasteiger partial charge in [0.05, 0.1) is 0 Å². The Kier molecular flexibility index (Phi) is 6.02. The number of likely N-dealkylation sites (tertiary alicyclic amines) is 1. The van der Waals surface area contributed by atoms with E-state index in [1.807, 2.05) is 14.1 Å². The monoisotopic (exact) mass is 317 g/mol. The maximum Gasteiger partial charge on any atom is 0.242 e. The van der Waals surface area contributed by atoms with Gasteiger partial charge < -0.3 is 15.1 Å². The summed E-state index contributed by atoms with van der Waals surface area (Å²) in [5.74, 6) is -0.0238. The highest BCUT2D eigenvalue weighted by molar-refractivity contribution is 5.87. The number of rotatable bonds is 6. The number of hydrogen-bond acceptors (Lipinski definition) is 3. The standard InChI is InChI=1S/C18H27N3O2/c1-14(22)21-13-5-7-17(21)18(23)19-12-4-6-15-8-10-16(11-9-15)20(2)3/h8-11,17H,4-7,12-13H2,1-3H3,(H,19,23). The summed E-state index contributed by atoms with van der Waals surface area (Å²) in [6.45, 7) is 2.88. The highest BCUT2D eigenvalue weighted by Gasteiger charge is 2.31. The third-order valence-corrected chi connectivity index (χ3v) is 4.35. The van der Waals surface area contributed by atoms with Crippen LogP contribution in [0, 0.1) is 0 Å². The summed E-state index contributed by atoms with van der Waals surface area (Å²) in [4.78, 5) is 27.4. The van der Waals surface area contributed by atoms with Gasteiger partial charge in [-0.1, -0.05) is 12.1 Å². The van der Waals surface area contributed by atoms with Crippen molar-refractivity contribution in [2.75, 3.05) is 32.1 Å². The van der Waals surface area contributed by atoms with Gasteiger partial charge in [-0.05, 0) is 43.4 Å². The molecule has 1 aromatic rings. The zero-order valence-electron chi connectivity index (χ0n) is 14.3. The van der Waals surface area contributed by atoms with Gasteiger partial charge in [-0.2, -0.15) is 0 Å². The van der Waals surface area contributed by atoms with E-state index < -0.39 is 0 Å². The van der Waals surface area contributed by atoms with E-state index in [0.29, 0.717) is 13.1 Å². The molecule has 1 unspecified atom stereocenters. The van der Waals surface area contributed by atoms with Crippen LogP contribution in [0.3, 0.4) is 0 Å². The van der Waals surface area contributed by atoms with Gasteiger partial charge in [0.2, 0.25) is 11.8 Å². The molecule has 1 aromatic carbocycles. The Labute approximate surface area is 138 Å². The lowest BCUT2D eigenvalue weighted by atomic mass is 10.1. The van der Waals surface area contributed by atoms with Gasteiger partial charge in [0.15, 0.2) is 0 Å². The first-order valence-corrected chi connectivity index (χ1v) is 8.30. The van der Waals surface area contributed by atoms with E-state index in [9.17, 15) is 9.59 Å². The molecule has 1 atom stereocenters. The second kappa shape index (κ2) is 7.99. The molecule has 1 aliphatic heterocycles. The Hall–Kier alpha value is -2.04. The van der Waals surface area contributed by atoms with Gasteiger partial charge in [0.1, 0.15) is 6.04 Å². The number of carbonyl (C=O) groups excluding carboxylic acids is 2. The smallest absolute Gasteiger partial charge is 0.242 e. The topological polar surface area (TPSA) is 52.7 Å². The fourth-order valence-corrected chi connectivity index (χ4v) is 3.00. The minimum Gasteiger partial charge on any atom is -0.378 e. The van der Waals surface area contributed by atoms with E-state index in [4.69, 9.17) is 0 Å². The Balaban J connectivity index is 1.72. The second-order valence-corrected chi connectivity index (χ2v) is 6.33. The van der Waals surface area contributed by atoms with Crippen molar-refractivity contribution in [3.8, 4) is 0 Å². The fraction of sp³-hybridized carbons (Fsp3) is 0.556. The number of aryl methyl sites for hydroxylation is 1. The lowest BCUT2D eigenvalue weighted by molar-refractivity contribution is -0.136. The Morgan fingerprint density at radius 2 is 1.96 bits per heavy atom. The molecule has 5 nitrogen and oxygen atoms in total. The predicted molar refractivity (Wildman–Crippen MR) is 92.5 cm³/mol. The number of benzene rings is 1. The maximum atomic E-state index is 12.2. The largest absolute Gasteiger partial charge is 0.378 e. The molecule has 0 bridgehead atoms. The third-order valence-electron chi connectivity index (χ3n) is 4.35. The second-order valence-electron chi connectivity index (χ2n) is 6.33. The molecule has 2 rings (SSSR count). The molecule has 1 saturated heterocycles. The minimum atomic E-state index is -0.271. The summed E-state index contributed by atoms with van der Waals surface area (Å²) in [7, 11) is 4.05. The quantitative estimate of drug-likeness (QED) is 0.814. The van der Waals surface area contributed by atoms with E-state index in [1.165, 1.54) is 18.2 Å². The van der Waals surface area contributed by atoms with Crippen LogP contribution in [0.1, 0.15) is 31.7 Å². The first-order valence-electron chi connectivity index (χ1n) is 8.30. The Morgan fingerprint density at radius 3 is 2.57 bits per heavy atom. The molecule has 23 heavy (non-hydrogen) atoms. The first-order chi connectivity index (χ1) is 11.0. The molecule has 0 aromatic heterocycles. The van der Waals surface area contributed by atoms with Crippen LogP contribution in [0.2, 0.25) is 0 Å². The normalized spacial score (nSPS) is 17.2. The van der Waals surface area contributed by atoms with Crippen LogP contribution in [0.15, 0.2) is 24.3 Å². The van der Waals surface area contributed by atoms with Crippen LogP contribution in [0.4, 0.5) is 5.69 Å². The molecule has 1 N–H and O–H groups in total. The van der Waals surface area contributed by atoms with E-state index in [0.717, 1.165) is 25.7 Å². The van der Waals surface area contributed by atoms with Gasteiger partial charge in [-0.25, -0.2) is 0 Å². The zero-order chi connectivity index (χ0) is 16.8. The summed E-state index contributed by atoms with van der Waals surface area (Å²) in [6.07, 6.45) is 3.53. The van der Waals surface area contributed by atoms with Crippen molar-refractivity contribution >= 4 is 17.5 Å². The van der Waals surface area contributed by atoms with Crippen molar-refractivity contribution in [3.05, 3.63) is 29.8 Å². The summed E-state index contributed by atoms with van der Waals surface area (Å²) in [5.41, 5.74) is 2.46. The zero-order valence-corrected chi connectivity index (χ0v) is 14.3. The van der Waals surface area contributed by atoms with Gasteiger partial charge >= 0.3 is 0 Å². The van der Waals surface area contributed by atoms with Gasteiger partial charge in [0.25, 0.3) is 0 Å². The molecular formula is C18H27N3O2. The highest BCUT2D eigenvalue weighted by atomic mass is 16.2. The van der Waals surface area contributed by atoms with Crippen molar-refractivity contribution in [2.45, 2.75) is 38.6 Å².